The highest BCUT2D eigenvalue weighted by molar-refractivity contribution is 4.90. The zero-order chi connectivity index (χ0) is 11.5. The van der Waals surface area contributed by atoms with Gasteiger partial charge in [-0.25, -0.2) is 0 Å². The highest BCUT2D eigenvalue weighted by atomic mass is 15.2. The molecule has 1 heterocycles. The predicted octanol–water partition coefficient (Wildman–Crippen LogP) is 2.64. The summed E-state index contributed by atoms with van der Waals surface area (Å²) in [6.07, 6.45) is 7.01. The molecule has 16 heavy (non-hydrogen) atoms. The van der Waals surface area contributed by atoms with Gasteiger partial charge in [0.15, 0.2) is 0 Å². The second-order valence-electron chi connectivity index (χ2n) is 5.95. The molecule has 94 valence electrons. The SMILES string of the molecule is CCNC1CCC(N2CC(C)CCC2C)C1. The number of likely N-dealkylation sites (tertiary alicyclic amines) is 1. The van der Waals surface area contributed by atoms with E-state index in [0.717, 1.165) is 30.6 Å². The Labute approximate surface area is 101 Å². The molecule has 1 saturated carbocycles. The molecule has 1 aliphatic heterocycles. The van der Waals surface area contributed by atoms with Gasteiger partial charge in [0.05, 0.1) is 0 Å². The Morgan fingerprint density at radius 1 is 1.12 bits per heavy atom. The summed E-state index contributed by atoms with van der Waals surface area (Å²) in [7, 11) is 0. The third-order valence-corrected chi connectivity index (χ3v) is 4.53. The first-order valence-corrected chi connectivity index (χ1v) is 7.19. The first-order chi connectivity index (χ1) is 7.70. The zero-order valence-corrected chi connectivity index (χ0v) is 11.2. The van der Waals surface area contributed by atoms with Crippen LogP contribution in [0.15, 0.2) is 0 Å². The van der Waals surface area contributed by atoms with E-state index in [2.05, 4.69) is 31.0 Å². The number of hydrogen-bond donors (Lipinski definition) is 1. The molecular formula is C14H28N2. The van der Waals surface area contributed by atoms with Crippen molar-refractivity contribution < 1.29 is 0 Å². The summed E-state index contributed by atoms with van der Waals surface area (Å²) in [5.74, 6) is 0.911. The normalized spacial score (nSPS) is 41.4. The average molecular weight is 224 g/mol. The Morgan fingerprint density at radius 2 is 1.94 bits per heavy atom. The third-order valence-electron chi connectivity index (χ3n) is 4.53. The first kappa shape index (κ1) is 12.4. The van der Waals surface area contributed by atoms with Crippen LogP contribution in [0.2, 0.25) is 0 Å². The summed E-state index contributed by atoms with van der Waals surface area (Å²) in [5, 5.41) is 3.61. The van der Waals surface area contributed by atoms with Gasteiger partial charge < -0.3 is 5.32 Å². The van der Waals surface area contributed by atoms with Crippen LogP contribution < -0.4 is 5.32 Å². The predicted molar refractivity (Wildman–Crippen MR) is 69.7 cm³/mol. The molecule has 0 aromatic carbocycles. The van der Waals surface area contributed by atoms with Crippen LogP contribution in [-0.2, 0) is 0 Å². The van der Waals surface area contributed by atoms with Crippen molar-refractivity contribution in [2.45, 2.75) is 71.0 Å². The molecule has 1 aliphatic carbocycles. The largest absolute Gasteiger partial charge is 0.314 e. The maximum Gasteiger partial charge on any atom is 0.0114 e. The topological polar surface area (TPSA) is 15.3 Å². The Bertz CT molecular complexity index is 217. The molecule has 2 nitrogen and oxygen atoms in total. The maximum absolute atomic E-state index is 3.61. The highest BCUT2D eigenvalue weighted by Crippen LogP contribution is 2.31. The second-order valence-corrected chi connectivity index (χ2v) is 5.95. The number of hydrogen-bond acceptors (Lipinski definition) is 2. The Morgan fingerprint density at radius 3 is 2.69 bits per heavy atom. The maximum atomic E-state index is 3.61. The molecule has 0 amide bonds. The molecule has 2 fully saturated rings. The van der Waals surface area contributed by atoms with Crippen LogP contribution >= 0.6 is 0 Å². The van der Waals surface area contributed by atoms with Crippen molar-refractivity contribution in [2.24, 2.45) is 5.92 Å². The van der Waals surface area contributed by atoms with E-state index in [1.54, 1.807) is 0 Å². The molecule has 0 aromatic heterocycles. The van der Waals surface area contributed by atoms with Crippen LogP contribution in [0.5, 0.6) is 0 Å². The van der Waals surface area contributed by atoms with Gasteiger partial charge in [0.1, 0.15) is 0 Å². The van der Waals surface area contributed by atoms with Crippen LogP contribution in [0.4, 0.5) is 0 Å². The smallest absolute Gasteiger partial charge is 0.0114 e. The van der Waals surface area contributed by atoms with Crippen molar-refractivity contribution in [1.82, 2.24) is 10.2 Å². The number of nitrogens with zero attached hydrogens (tertiary/aromatic N) is 1. The average Bonchev–Trinajstić information content (AvgIpc) is 2.71. The van der Waals surface area contributed by atoms with Gasteiger partial charge in [-0.2, -0.15) is 0 Å². The molecule has 2 rings (SSSR count). The fraction of sp³-hybridized carbons (Fsp3) is 1.00. The minimum absolute atomic E-state index is 0.791. The van der Waals surface area contributed by atoms with Crippen LogP contribution in [0.3, 0.4) is 0 Å². The van der Waals surface area contributed by atoms with Crippen molar-refractivity contribution in [3.8, 4) is 0 Å². The summed E-state index contributed by atoms with van der Waals surface area (Å²) in [6.45, 7) is 9.52. The molecule has 0 aromatic rings. The quantitative estimate of drug-likeness (QED) is 0.793. The lowest BCUT2D eigenvalue weighted by molar-refractivity contribution is 0.0783. The van der Waals surface area contributed by atoms with Crippen molar-refractivity contribution >= 4 is 0 Å². The Hall–Kier alpha value is -0.0800. The Balaban J connectivity index is 1.87. The van der Waals surface area contributed by atoms with Crippen LogP contribution in [0.1, 0.15) is 52.9 Å². The molecule has 1 saturated heterocycles. The second kappa shape index (κ2) is 5.50. The van der Waals surface area contributed by atoms with E-state index < -0.39 is 0 Å². The van der Waals surface area contributed by atoms with E-state index in [-0.39, 0.29) is 0 Å². The lowest BCUT2D eigenvalue weighted by Gasteiger charge is -2.41. The summed E-state index contributed by atoms with van der Waals surface area (Å²) < 4.78 is 0. The minimum atomic E-state index is 0.791. The minimum Gasteiger partial charge on any atom is -0.314 e. The molecule has 2 aliphatic rings. The van der Waals surface area contributed by atoms with Gasteiger partial charge in [-0.15, -0.1) is 0 Å². The third kappa shape index (κ3) is 2.78. The number of piperidine rings is 1. The lowest BCUT2D eigenvalue weighted by atomic mass is 9.93. The van der Waals surface area contributed by atoms with E-state index in [0.29, 0.717) is 0 Å². The summed E-state index contributed by atoms with van der Waals surface area (Å²) in [5.41, 5.74) is 0. The van der Waals surface area contributed by atoms with E-state index >= 15 is 0 Å². The molecule has 1 N–H and O–H groups in total. The molecule has 4 atom stereocenters. The standard InChI is InChI=1S/C14H28N2/c1-4-15-13-7-8-14(9-13)16-10-11(2)5-6-12(16)3/h11-15H,4-10H2,1-3H3. The zero-order valence-electron chi connectivity index (χ0n) is 11.2. The van der Waals surface area contributed by atoms with Crippen molar-refractivity contribution in [3.63, 3.8) is 0 Å². The summed E-state index contributed by atoms with van der Waals surface area (Å²) >= 11 is 0. The Kier molecular flexibility index (Phi) is 4.26. The fourth-order valence-corrected chi connectivity index (χ4v) is 3.56. The summed E-state index contributed by atoms with van der Waals surface area (Å²) in [4.78, 5) is 2.80. The van der Waals surface area contributed by atoms with Gasteiger partial charge in [-0.3, -0.25) is 4.90 Å². The van der Waals surface area contributed by atoms with E-state index in [1.165, 1.54) is 38.6 Å². The molecule has 0 spiro atoms. The monoisotopic (exact) mass is 224 g/mol. The first-order valence-electron chi connectivity index (χ1n) is 7.19. The fourth-order valence-electron chi connectivity index (χ4n) is 3.56. The number of nitrogens with one attached hydrogen (secondary N) is 1. The van der Waals surface area contributed by atoms with Crippen molar-refractivity contribution in [2.75, 3.05) is 13.1 Å². The van der Waals surface area contributed by atoms with Crippen molar-refractivity contribution in [1.29, 1.82) is 0 Å². The van der Waals surface area contributed by atoms with Crippen LogP contribution in [-0.4, -0.2) is 36.1 Å². The van der Waals surface area contributed by atoms with E-state index in [4.69, 9.17) is 0 Å². The van der Waals surface area contributed by atoms with Gasteiger partial charge in [0.2, 0.25) is 0 Å². The molecule has 0 radical (unpaired) electrons. The van der Waals surface area contributed by atoms with Gasteiger partial charge in [0, 0.05) is 24.7 Å². The van der Waals surface area contributed by atoms with Crippen molar-refractivity contribution in [3.05, 3.63) is 0 Å². The molecule has 0 bridgehead atoms. The van der Waals surface area contributed by atoms with Gasteiger partial charge in [-0.05, 0) is 51.5 Å². The molecule has 4 unspecified atom stereocenters. The van der Waals surface area contributed by atoms with Gasteiger partial charge in [-0.1, -0.05) is 13.8 Å². The molecular weight excluding hydrogens is 196 g/mol. The number of rotatable bonds is 3. The highest BCUT2D eigenvalue weighted by Gasteiger charge is 2.33. The van der Waals surface area contributed by atoms with E-state index in [9.17, 15) is 0 Å². The van der Waals surface area contributed by atoms with E-state index in [1.807, 2.05) is 0 Å². The van der Waals surface area contributed by atoms with Gasteiger partial charge in [0.25, 0.3) is 0 Å². The van der Waals surface area contributed by atoms with Crippen LogP contribution in [0.25, 0.3) is 0 Å². The lowest BCUT2D eigenvalue weighted by Crippen LogP contribution is -2.47. The molecule has 2 heteroatoms. The van der Waals surface area contributed by atoms with Crippen LogP contribution in [0, 0.1) is 5.92 Å². The summed E-state index contributed by atoms with van der Waals surface area (Å²) in [6, 6.07) is 2.47. The van der Waals surface area contributed by atoms with Gasteiger partial charge >= 0.3 is 0 Å².